The van der Waals surface area contributed by atoms with Crippen LogP contribution in [0.4, 0.5) is 15.3 Å². The SMILES string of the molecule is Cc1nc2ccc(NC(=O)N3CCCC3)cc2n1Cc1ccc(-c2ccccc2OC(=O)OC(C)(C)C)cc1. The van der Waals surface area contributed by atoms with Gasteiger partial charge in [0.1, 0.15) is 17.2 Å². The van der Waals surface area contributed by atoms with Gasteiger partial charge in [-0.3, -0.25) is 0 Å². The van der Waals surface area contributed by atoms with Crippen LogP contribution in [0.1, 0.15) is 45.0 Å². The number of nitrogens with zero attached hydrogens (tertiary/aromatic N) is 3. The van der Waals surface area contributed by atoms with E-state index in [1.807, 2.05) is 60.4 Å². The molecule has 1 aromatic heterocycles. The molecule has 1 aliphatic rings. The minimum atomic E-state index is -0.731. The molecule has 0 spiro atoms. The lowest BCUT2D eigenvalue weighted by atomic mass is 10.0. The Morgan fingerprint density at radius 1 is 0.974 bits per heavy atom. The number of imidazole rings is 1. The van der Waals surface area contributed by atoms with Gasteiger partial charge < -0.3 is 24.3 Å². The van der Waals surface area contributed by atoms with Gasteiger partial charge in [-0.25, -0.2) is 14.6 Å². The van der Waals surface area contributed by atoms with E-state index in [4.69, 9.17) is 14.5 Å². The molecule has 5 rings (SSSR count). The molecular formula is C31H34N4O4. The van der Waals surface area contributed by atoms with Crippen molar-refractivity contribution in [2.45, 2.75) is 52.7 Å². The van der Waals surface area contributed by atoms with Crippen molar-refractivity contribution in [1.29, 1.82) is 0 Å². The van der Waals surface area contributed by atoms with Crippen molar-refractivity contribution in [3.63, 3.8) is 0 Å². The Labute approximate surface area is 228 Å². The van der Waals surface area contributed by atoms with Gasteiger partial charge >= 0.3 is 12.2 Å². The molecule has 0 aliphatic carbocycles. The van der Waals surface area contributed by atoms with Crippen LogP contribution in [0.5, 0.6) is 5.75 Å². The summed E-state index contributed by atoms with van der Waals surface area (Å²) < 4.78 is 13.0. The Balaban J connectivity index is 1.34. The van der Waals surface area contributed by atoms with Crippen LogP contribution in [0.2, 0.25) is 0 Å². The highest BCUT2D eigenvalue weighted by Crippen LogP contribution is 2.31. The standard InChI is InChI=1S/C31H34N4O4/c1-21-32-26-16-15-24(33-29(36)34-17-7-8-18-34)19-27(26)35(21)20-22-11-13-23(14-12-22)25-9-5-6-10-28(25)38-30(37)39-31(2,3)4/h5-6,9-16,19H,7-8,17-18,20H2,1-4H3,(H,33,36). The van der Waals surface area contributed by atoms with Crippen LogP contribution < -0.4 is 10.1 Å². The van der Waals surface area contributed by atoms with Crippen LogP contribution in [0.25, 0.3) is 22.2 Å². The number of benzene rings is 3. The highest BCUT2D eigenvalue weighted by Gasteiger charge is 2.20. The lowest BCUT2D eigenvalue weighted by Gasteiger charge is -2.19. The fourth-order valence-corrected chi connectivity index (χ4v) is 4.77. The quantitative estimate of drug-likeness (QED) is 0.223. The van der Waals surface area contributed by atoms with Gasteiger partial charge in [0.2, 0.25) is 0 Å². The van der Waals surface area contributed by atoms with Crippen LogP contribution >= 0.6 is 0 Å². The molecular weight excluding hydrogens is 492 g/mol. The molecule has 1 N–H and O–H groups in total. The minimum absolute atomic E-state index is 0.0545. The van der Waals surface area contributed by atoms with Crippen molar-refractivity contribution in [2.75, 3.05) is 18.4 Å². The van der Waals surface area contributed by atoms with Gasteiger partial charge in [-0.1, -0.05) is 42.5 Å². The Hall–Kier alpha value is -4.33. The summed E-state index contributed by atoms with van der Waals surface area (Å²) in [7, 11) is 0. The van der Waals surface area contributed by atoms with E-state index in [2.05, 4.69) is 22.0 Å². The summed E-state index contributed by atoms with van der Waals surface area (Å²) in [5, 5.41) is 3.03. The van der Waals surface area contributed by atoms with Crippen molar-refractivity contribution in [3.05, 3.63) is 78.1 Å². The molecule has 1 saturated heterocycles. The monoisotopic (exact) mass is 526 g/mol. The third kappa shape index (κ3) is 6.22. The minimum Gasteiger partial charge on any atom is -0.428 e. The summed E-state index contributed by atoms with van der Waals surface area (Å²) in [4.78, 5) is 31.4. The second-order valence-corrected chi connectivity index (χ2v) is 10.8. The first-order chi connectivity index (χ1) is 18.7. The number of aromatic nitrogens is 2. The van der Waals surface area contributed by atoms with Gasteiger partial charge in [-0.05, 0) is 75.9 Å². The maximum absolute atomic E-state index is 12.6. The predicted molar refractivity (Wildman–Crippen MR) is 152 cm³/mol. The number of amides is 2. The number of carbonyl (C=O) groups excluding carboxylic acids is 2. The summed E-state index contributed by atoms with van der Waals surface area (Å²) in [6, 6.07) is 21.3. The fraction of sp³-hybridized carbons (Fsp3) is 0.323. The lowest BCUT2D eigenvalue weighted by Crippen LogP contribution is -2.32. The molecule has 0 bridgehead atoms. The number of urea groups is 1. The fourth-order valence-electron chi connectivity index (χ4n) is 4.77. The Bertz CT molecular complexity index is 1500. The molecule has 8 heteroatoms. The summed E-state index contributed by atoms with van der Waals surface area (Å²) >= 11 is 0. The molecule has 0 unspecified atom stereocenters. The zero-order valence-electron chi connectivity index (χ0n) is 22.9. The zero-order valence-corrected chi connectivity index (χ0v) is 22.9. The molecule has 2 amide bonds. The van der Waals surface area contributed by atoms with E-state index in [9.17, 15) is 9.59 Å². The first-order valence-electron chi connectivity index (χ1n) is 13.3. The average Bonchev–Trinajstić information content (AvgIpc) is 3.53. The summed E-state index contributed by atoms with van der Waals surface area (Å²) in [6.07, 6.45) is 1.38. The molecule has 39 heavy (non-hydrogen) atoms. The van der Waals surface area contributed by atoms with Crippen LogP contribution in [-0.2, 0) is 11.3 Å². The maximum Gasteiger partial charge on any atom is 0.514 e. The Morgan fingerprint density at radius 3 is 2.41 bits per heavy atom. The number of fused-ring (bicyclic) bond motifs is 1. The summed E-state index contributed by atoms with van der Waals surface area (Å²) in [6.45, 7) is 9.63. The summed E-state index contributed by atoms with van der Waals surface area (Å²) in [5.41, 5.74) is 4.80. The van der Waals surface area contributed by atoms with Crippen molar-refractivity contribution in [3.8, 4) is 16.9 Å². The van der Waals surface area contributed by atoms with Gasteiger partial charge in [0.15, 0.2) is 0 Å². The second-order valence-electron chi connectivity index (χ2n) is 10.8. The van der Waals surface area contributed by atoms with Gasteiger partial charge in [0, 0.05) is 30.9 Å². The number of carbonyl (C=O) groups is 2. The lowest BCUT2D eigenvalue weighted by molar-refractivity contribution is 0.0207. The van der Waals surface area contributed by atoms with Gasteiger partial charge in [0.05, 0.1) is 11.0 Å². The zero-order chi connectivity index (χ0) is 27.6. The molecule has 2 heterocycles. The molecule has 0 atom stereocenters. The molecule has 202 valence electrons. The van der Waals surface area contributed by atoms with E-state index < -0.39 is 11.8 Å². The van der Waals surface area contributed by atoms with Crippen molar-refractivity contribution >= 4 is 28.9 Å². The van der Waals surface area contributed by atoms with E-state index in [-0.39, 0.29) is 6.03 Å². The molecule has 1 aliphatic heterocycles. The van der Waals surface area contributed by atoms with Gasteiger partial charge in [0.25, 0.3) is 0 Å². The average molecular weight is 527 g/mol. The number of hydrogen-bond donors (Lipinski definition) is 1. The largest absolute Gasteiger partial charge is 0.514 e. The van der Waals surface area contributed by atoms with Crippen LogP contribution in [-0.4, -0.2) is 45.3 Å². The molecule has 8 nitrogen and oxygen atoms in total. The number of para-hydroxylation sites is 1. The van der Waals surface area contributed by atoms with Crippen LogP contribution in [0.15, 0.2) is 66.7 Å². The van der Waals surface area contributed by atoms with Crippen LogP contribution in [0.3, 0.4) is 0 Å². The number of ether oxygens (including phenoxy) is 2. The molecule has 4 aromatic rings. The van der Waals surface area contributed by atoms with E-state index in [1.165, 1.54) is 0 Å². The maximum atomic E-state index is 12.6. The number of likely N-dealkylation sites (tertiary alicyclic amines) is 1. The third-order valence-electron chi connectivity index (χ3n) is 6.66. The molecule has 3 aromatic carbocycles. The Morgan fingerprint density at radius 2 is 1.69 bits per heavy atom. The normalized spacial score (nSPS) is 13.5. The number of anilines is 1. The van der Waals surface area contributed by atoms with Crippen LogP contribution in [0, 0.1) is 6.92 Å². The number of rotatable bonds is 5. The first-order valence-corrected chi connectivity index (χ1v) is 13.3. The van der Waals surface area contributed by atoms with Gasteiger partial charge in [-0.15, -0.1) is 0 Å². The number of hydrogen-bond acceptors (Lipinski definition) is 5. The van der Waals surface area contributed by atoms with Crippen molar-refractivity contribution < 1.29 is 19.1 Å². The summed E-state index contributed by atoms with van der Waals surface area (Å²) in [5.74, 6) is 1.34. The van der Waals surface area contributed by atoms with E-state index in [0.717, 1.165) is 65.2 Å². The topological polar surface area (TPSA) is 85.7 Å². The highest BCUT2D eigenvalue weighted by atomic mass is 16.7. The van der Waals surface area contributed by atoms with Crippen molar-refractivity contribution in [1.82, 2.24) is 14.5 Å². The van der Waals surface area contributed by atoms with E-state index in [0.29, 0.717) is 12.3 Å². The van der Waals surface area contributed by atoms with Crippen molar-refractivity contribution in [2.24, 2.45) is 0 Å². The first kappa shape index (κ1) is 26.3. The Kier molecular flexibility index (Phi) is 7.28. The molecule has 1 fully saturated rings. The third-order valence-corrected chi connectivity index (χ3v) is 6.66. The van der Waals surface area contributed by atoms with Gasteiger partial charge in [-0.2, -0.15) is 0 Å². The predicted octanol–water partition coefficient (Wildman–Crippen LogP) is 7.00. The molecule has 0 radical (unpaired) electrons. The number of nitrogens with one attached hydrogen (secondary N) is 1. The van der Waals surface area contributed by atoms with E-state index >= 15 is 0 Å². The highest BCUT2D eigenvalue weighted by molar-refractivity contribution is 5.92. The smallest absolute Gasteiger partial charge is 0.428 e. The number of aryl methyl sites for hydroxylation is 1. The second kappa shape index (κ2) is 10.8. The van der Waals surface area contributed by atoms with E-state index in [1.54, 1.807) is 26.8 Å². The molecule has 0 saturated carbocycles.